The van der Waals surface area contributed by atoms with Crippen molar-refractivity contribution in [2.75, 3.05) is 6.61 Å². The van der Waals surface area contributed by atoms with Crippen LogP contribution in [0.25, 0.3) is 10.9 Å². The van der Waals surface area contributed by atoms with Crippen LogP contribution in [-0.4, -0.2) is 22.5 Å². The topological polar surface area (TPSA) is 51.5 Å². The molecule has 4 heteroatoms. The van der Waals surface area contributed by atoms with E-state index in [1.54, 1.807) is 19.1 Å². The number of rotatable bonds is 2. The number of aromatic nitrogens is 1. The van der Waals surface area contributed by atoms with Gasteiger partial charge in [0.05, 0.1) is 23.4 Å². The summed E-state index contributed by atoms with van der Waals surface area (Å²) in [6.45, 7) is 2.14. The SMILES string of the molecule is CCOC(=O)c1ccc2c3c(n(O)c2c1)CCCC3. The quantitative estimate of drug-likeness (QED) is 0.666. The van der Waals surface area contributed by atoms with Crippen LogP contribution in [0.4, 0.5) is 0 Å². The summed E-state index contributed by atoms with van der Waals surface area (Å²) in [7, 11) is 0. The number of hydrogen-bond donors (Lipinski definition) is 1. The van der Waals surface area contributed by atoms with E-state index >= 15 is 0 Å². The molecule has 0 spiro atoms. The zero-order valence-corrected chi connectivity index (χ0v) is 11.0. The summed E-state index contributed by atoms with van der Waals surface area (Å²) in [6, 6.07) is 5.40. The number of carbonyl (C=O) groups excluding carboxylic acids is 1. The molecule has 0 amide bonds. The van der Waals surface area contributed by atoms with Crippen LogP contribution in [0.3, 0.4) is 0 Å². The molecule has 0 saturated heterocycles. The highest BCUT2D eigenvalue weighted by Crippen LogP contribution is 2.31. The standard InChI is InChI=1S/C15H17NO3/c1-2-19-15(17)10-7-8-12-11-5-3-4-6-13(11)16(18)14(12)9-10/h7-9,18H,2-6H2,1H3. The Kier molecular flexibility index (Phi) is 2.93. The molecule has 1 aromatic carbocycles. The molecule has 0 fully saturated rings. The Bertz CT molecular complexity index is 642. The third-order valence-electron chi connectivity index (χ3n) is 3.76. The lowest BCUT2D eigenvalue weighted by molar-refractivity contribution is 0.0526. The summed E-state index contributed by atoms with van der Waals surface area (Å²) < 4.78 is 6.23. The molecule has 0 bridgehead atoms. The second-order valence-electron chi connectivity index (χ2n) is 4.90. The van der Waals surface area contributed by atoms with E-state index < -0.39 is 0 Å². The molecule has 1 aliphatic rings. The summed E-state index contributed by atoms with van der Waals surface area (Å²) >= 11 is 0. The van der Waals surface area contributed by atoms with Crippen LogP contribution in [0.5, 0.6) is 0 Å². The number of esters is 1. The monoisotopic (exact) mass is 259 g/mol. The molecule has 0 atom stereocenters. The summed E-state index contributed by atoms with van der Waals surface area (Å²) in [5, 5.41) is 11.3. The fourth-order valence-electron chi connectivity index (χ4n) is 2.86. The second kappa shape index (κ2) is 4.61. The number of nitrogens with zero attached hydrogens (tertiary/aromatic N) is 1. The molecule has 0 saturated carbocycles. The van der Waals surface area contributed by atoms with Crippen LogP contribution >= 0.6 is 0 Å². The van der Waals surface area contributed by atoms with E-state index in [-0.39, 0.29) is 5.97 Å². The van der Waals surface area contributed by atoms with E-state index in [0.29, 0.717) is 17.7 Å². The van der Waals surface area contributed by atoms with E-state index in [4.69, 9.17) is 4.74 Å². The number of benzene rings is 1. The van der Waals surface area contributed by atoms with Crippen molar-refractivity contribution in [3.63, 3.8) is 0 Å². The number of fused-ring (bicyclic) bond motifs is 3. The molecule has 1 heterocycles. The van der Waals surface area contributed by atoms with Crippen molar-refractivity contribution >= 4 is 16.9 Å². The molecule has 1 aliphatic carbocycles. The van der Waals surface area contributed by atoms with Crippen molar-refractivity contribution in [2.45, 2.75) is 32.6 Å². The van der Waals surface area contributed by atoms with Gasteiger partial charge in [-0.05, 0) is 50.3 Å². The maximum atomic E-state index is 11.7. The molecule has 3 rings (SSSR count). The average molecular weight is 259 g/mol. The van der Waals surface area contributed by atoms with Crippen molar-refractivity contribution in [3.05, 3.63) is 35.0 Å². The van der Waals surface area contributed by atoms with Crippen LogP contribution < -0.4 is 0 Å². The molecular weight excluding hydrogens is 242 g/mol. The number of carbonyl (C=O) groups is 1. The normalized spacial score (nSPS) is 14.4. The van der Waals surface area contributed by atoms with Gasteiger partial charge in [-0.2, -0.15) is 4.73 Å². The minimum Gasteiger partial charge on any atom is -0.462 e. The molecule has 19 heavy (non-hydrogen) atoms. The highest BCUT2D eigenvalue weighted by Gasteiger charge is 2.20. The lowest BCUT2D eigenvalue weighted by Gasteiger charge is -2.11. The smallest absolute Gasteiger partial charge is 0.338 e. The van der Waals surface area contributed by atoms with Crippen molar-refractivity contribution < 1.29 is 14.7 Å². The van der Waals surface area contributed by atoms with Gasteiger partial charge < -0.3 is 9.94 Å². The average Bonchev–Trinajstić information content (AvgIpc) is 2.73. The zero-order chi connectivity index (χ0) is 13.4. The van der Waals surface area contributed by atoms with Gasteiger partial charge in [-0.25, -0.2) is 4.79 Å². The Labute approximate surface area is 111 Å². The lowest BCUT2D eigenvalue weighted by Crippen LogP contribution is -2.06. The predicted molar refractivity (Wildman–Crippen MR) is 71.7 cm³/mol. The van der Waals surface area contributed by atoms with E-state index in [0.717, 1.165) is 36.8 Å². The van der Waals surface area contributed by atoms with Crippen LogP contribution in [0.2, 0.25) is 0 Å². The van der Waals surface area contributed by atoms with Gasteiger partial charge in [-0.1, -0.05) is 6.07 Å². The predicted octanol–water partition coefficient (Wildman–Crippen LogP) is 2.93. The summed E-state index contributed by atoms with van der Waals surface area (Å²) in [5.74, 6) is -0.344. The molecule has 1 N–H and O–H groups in total. The van der Waals surface area contributed by atoms with E-state index in [1.807, 2.05) is 6.07 Å². The highest BCUT2D eigenvalue weighted by molar-refractivity contribution is 5.96. The van der Waals surface area contributed by atoms with Gasteiger partial charge in [-0.3, -0.25) is 0 Å². The third kappa shape index (κ3) is 1.87. The first-order chi connectivity index (χ1) is 9.22. The first kappa shape index (κ1) is 12.1. The van der Waals surface area contributed by atoms with Gasteiger partial charge in [0.1, 0.15) is 0 Å². The first-order valence-electron chi connectivity index (χ1n) is 6.75. The molecule has 100 valence electrons. The maximum Gasteiger partial charge on any atom is 0.338 e. The lowest BCUT2D eigenvalue weighted by atomic mass is 9.95. The molecule has 4 nitrogen and oxygen atoms in total. The van der Waals surface area contributed by atoms with Crippen LogP contribution in [0.1, 0.15) is 41.4 Å². The van der Waals surface area contributed by atoms with Gasteiger partial charge in [0.15, 0.2) is 0 Å². The van der Waals surface area contributed by atoms with Gasteiger partial charge in [0.2, 0.25) is 0 Å². The van der Waals surface area contributed by atoms with Crippen molar-refractivity contribution in [2.24, 2.45) is 0 Å². The maximum absolute atomic E-state index is 11.7. The Morgan fingerprint density at radius 3 is 2.95 bits per heavy atom. The van der Waals surface area contributed by atoms with Gasteiger partial charge in [0, 0.05) is 5.39 Å². The van der Waals surface area contributed by atoms with Crippen molar-refractivity contribution in [1.29, 1.82) is 0 Å². The van der Waals surface area contributed by atoms with Crippen molar-refractivity contribution in [3.8, 4) is 0 Å². The fraction of sp³-hybridized carbons (Fsp3) is 0.400. The Hall–Kier alpha value is -1.97. The zero-order valence-electron chi connectivity index (χ0n) is 11.0. The largest absolute Gasteiger partial charge is 0.462 e. The van der Waals surface area contributed by atoms with Crippen LogP contribution in [0.15, 0.2) is 18.2 Å². The molecular formula is C15H17NO3. The number of hydrogen-bond acceptors (Lipinski definition) is 3. The second-order valence-corrected chi connectivity index (χ2v) is 4.90. The Balaban J connectivity index is 2.13. The van der Waals surface area contributed by atoms with Crippen molar-refractivity contribution in [1.82, 2.24) is 4.73 Å². The molecule has 0 aliphatic heterocycles. The van der Waals surface area contributed by atoms with Crippen LogP contribution in [-0.2, 0) is 17.6 Å². The van der Waals surface area contributed by atoms with Gasteiger partial charge >= 0.3 is 5.97 Å². The molecule has 1 aromatic heterocycles. The van der Waals surface area contributed by atoms with Crippen LogP contribution in [0, 0.1) is 0 Å². The van der Waals surface area contributed by atoms with E-state index in [2.05, 4.69) is 0 Å². The third-order valence-corrected chi connectivity index (χ3v) is 3.76. The summed E-state index contributed by atoms with van der Waals surface area (Å²) in [6.07, 6.45) is 4.16. The minimum atomic E-state index is -0.344. The Morgan fingerprint density at radius 1 is 1.37 bits per heavy atom. The first-order valence-corrected chi connectivity index (χ1v) is 6.75. The number of ether oxygens (including phenoxy) is 1. The Morgan fingerprint density at radius 2 is 2.16 bits per heavy atom. The molecule has 0 radical (unpaired) electrons. The summed E-state index contributed by atoms with van der Waals surface area (Å²) in [4.78, 5) is 11.7. The minimum absolute atomic E-state index is 0.344. The van der Waals surface area contributed by atoms with Gasteiger partial charge in [0.25, 0.3) is 0 Å². The van der Waals surface area contributed by atoms with Gasteiger partial charge in [-0.15, -0.1) is 0 Å². The molecule has 0 unspecified atom stereocenters. The number of aryl methyl sites for hydroxylation is 1. The highest BCUT2D eigenvalue weighted by atomic mass is 16.5. The van der Waals surface area contributed by atoms with E-state index in [1.165, 1.54) is 10.3 Å². The summed E-state index contributed by atoms with van der Waals surface area (Å²) in [5.41, 5.74) is 3.40. The van der Waals surface area contributed by atoms with E-state index in [9.17, 15) is 10.0 Å². The fourth-order valence-corrected chi connectivity index (χ4v) is 2.86. The molecule has 2 aromatic rings.